The highest BCUT2D eigenvalue weighted by Gasteiger charge is 2.32. The summed E-state index contributed by atoms with van der Waals surface area (Å²) in [7, 11) is -3.76. The number of carbonyl (C=O) groups excluding carboxylic acids is 1. The summed E-state index contributed by atoms with van der Waals surface area (Å²) in [6.45, 7) is 5.54. The lowest BCUT2D eigenvalue weighted by atomic mass is 10.0. The molecule has 1 aliphatic rings. The van der Waals surface area contributed by atoms with Gasteiger partial charge in [0.15, 0.2) is 0 Å². The largest absolute Gasteiger partial charge is 0.378 e. The maximum atomic E-state index is 12.6. The first-order valence-electron chi connectivity index (χ1n) is 6.95. The van der Waals surface area contributed by atoms with Gasteiger partial charge in [-0.25, -0.2) is 8.42 Å². The minimum absolute atomic E-state index is 0.109. The zero-order valence-electron chi connectivity index (χ0n) is 12.4. The summed E-state index contributed by atoms with van der Waals surface area (Å²) in [5, 5.41) is 0. The van der Waals surface area contributed by atoms with Crippen LogP contribution in [0.1, 0.15) is 13.8 Å². The van der Waals surface area contributed by atoms with Crippen molar-refractivity contribution in [3.63, 3.8) is 0 Å². The third-order valence-corrected chi connectivity index (χ3v) is 6.52. The van der Waals surface area contributed by atoms with Crippen molar-refractivity contribution in [3.05, 3.63) is 16.5 Å². The van der Waals surface area contributed by atoms with Crippen LogP contribution in [0.2, 0.25) is 4.34 Å². The molecule has 0 radical (unpaired) electrons. The number of halogens is 1. The molecule has 1 fully saturated rings. The second-order valence-electron chi connectivity index (χ2n) is 5.34. The zero-order valence-corrected chi connectivity index (χ0v) is 14.8. The molecule has 0 unspecified atom stereocenters. The number of morpholine rings is 1. The van der Waals surface area contributed by atoms with E-state index in [1.165, 1.54) is 12.1 Å². The molecule has 0 saturated carbocycles. The van der Waals surface area contributed by atoms with Gasteiger partial charge >= 0.3 is 0 Å². The molecule has 22 heavy (non-hydrogen) atoms. The fourth-order valence-electron chi connectivity index (χ4n) is 2.12. The van der Waals surface area contributed by atoms with E-state index >= 15 is 0 Å². The Kier molecular flexibility index (Phi) is 5.84. The Morgan fingerprint density at radius 3 is 2.50 bits per heavy atom. The number of thiophene rings is 1. The van der Waals surface area contributed by atoms with Crippen molar-refractivity contribution in [3.8, 4) is 0 Å². The predicted octanol–water partition coefficient (Wildman–Crippen LogP) is 1.56. The highest BCUT2D eigenvalue weighted by molar-refractivity contribution is 7.91. The van der Waals surface area contributed by atoms with Gasteiger partial charge in [0.25, 0.3) is 10.0 Å². The third kappa shape index (κ3) is 4.20. The van der Waals surface area contributed by atoms with E-state index in [1.807, 2.05) is 13.8 Å². The van der Waals surface area contributed by atoms with E-state index in [9.17, 15) is 13.2 Å². The fourth-order valence-corrected chi connectivity index (χ4v) is 4.96. The standard InChI is InChI=1S/C13H19ClN2O4S2/c1-9(2)12(13(17)16-5-7-20-8-6-16)15-22(18,19)11-4-3-10(14)21-11/h3-4,9,12,15H,5-8H2,1-2H3/t12-/m1/s1. The van der Waals surface area contributed by atoms with Crippen LogP contribution >= 0.6 is 22.9 Å². The zero-order chi connectivity index (χ0) is 16.3. The number of nitrogens with one attached hydrogen (secondary N) is 1. The molecule has 1 amide bonds. The molecule has 1 aliphatic heterocycles. The van der Waals surface area contributed by atoms with Gasteiger partial charge in [-0.1, -0.05) is 25.4 Å². The van der Waals surface area contributed by atoms with Crippen molar-refractivity contribution in [1.29, 1.82) is 0 Å². The van der Waals surface area contributed by atoms with Gasteiger partial charge in [0.1, 0.15) is 10.3 Å². The van der Waals surface area contributed by atoms with Crippen LogP contribution in [-0.2, 0) is 19.6 Å². The number of nitrogens with zero attached hydrogens (tertiary/aromatic N) is 1. The Morgan fingerprint density at radius 2 is 2.00 bits per heavy atom. The quantitative estimate of drug-likeness (QED) is 0.858. The first kappa shape index (κ1) is 17.7. The predicted molar refractivity (Wildman–Crippen MR) is 85.7 cm³/mol. The summed E-state index contributed by atoms with van der Waals surface area (Å²) >= 11 is 6.75. The Hall–Kier alpha value is -0.670. The van der Waals surface area contributed by atoms with E-state index in [0.29, 0.717) is 30.6 Å². The molecular formula is C13H19ClN2O4S2. The summed E-state index contributed by atoms with van der Waals surface area (Å²) in [5.74, 6) is -0.384. The lowest BCUT2D eigenvalue weighted by Crippen LogP contribution is -2.53. The molecule has 0 aliphatic carbocycles. The Labute approximate surface area is 139 Å². The van der Waals surface area contributed by atoms with Crippen molar-refractivity contribution in [2.75, 3.05) is 26.3 Å². The Bertz CT molecular complexity index is 624. The second kappa shape index (κ2) is 7.27. The molecule has 0 bridgehead atoms. The van der Waals surface area contributed by atoms with Crippen molar-refractivity contribution < 1.29 is 17.9 Å². The van der Waals surface area contributed by atoms with E-state index in [-0.39, 0.29) is 16.0 Å². The second-order valence-corrected chi connectivity index (χ2v) is 9.00. The molecule has 1 aromatic heterocycles. The maximum Gasteiger partial charge on any atom is 0.250 e. The number of carbonyl (C=O) groups is 1. The molecule has 1 N–H and O–H groups in total. The monoisotopic (exact) mass is 366 g/mol. The van der Waals surface area contributed by atoms with Crippen LogP contribution in [0, 0.1) is 5.92 Å². The molecule has 1 aromatic rings. The highest BCUT2D eigenvalue weighted by Crippen LogP contribution is 2.26. The lowest BCUT2D eigenvalue weighted by molar-refractivity contribution is -0.138. The van der Waals surface area contributed by atoms with Crippen LogP contribution in [0.15, 0.2) is 16.3 Å². The Morgan fingerprint density at radius 1 is 1.36 bits per heavy atom. The van der Waals surface area contributed by atoms with Crippen molar-refractivity contribution in [1.82, 2.24) is 9.62 Å². The van der Waals surface area contributed by atoms with Crippen molar-refractivity contribution in [2.24, 2.45) is 5.92 Å². The van der Waals surface area contributed by atoms with Crippen LogP contribution in [0.5, 0.6) is 0 Å². The van der Waals surface area contributed by atoms with E-state index in [1.54, 1.807) is 4.90 Å². The summed E-state index contributed by atoms with van der Waals surface area (Å²) in [6.07, 6.45) is 0. The average Bonchev–Trinajstić information content (AvgIpc) is 2.92. The van der Waals surface area contributed by atoms with Gasteiger partial charge in [0.2, 0.25) is 5.91 Å². The fraction of sp³-hybridized carbons (Fsp3) is 0.615. The number of ether oxygens (including phenoxy) is 1. The van der Waals surface area contributed by atoms with Gasteiger partial charge in [-0.3, -0.25) is 4.79 Å². The molecule has 1 atom stereocenters. The van der Waals surface area contributed by atoms with E-state index in [2.05, 4.69) is 4.72 Å². The maximum absolute atomic E-state index is 12.6. The van der Waals surface area contributed by atoms with Crippen LogP contribution in [0.4, 0.5) is 0 Å². The van der Waals surface area contributed by atoms with Gasteiger partial charge < -0.3 is 9.64 Å². The van der Waals surface area contributed by atoms with E-state index in [0.717, 1.165) is 11.3 Å². The highest BCUT2D eigenvalue weighted by atomic mass is 35.5. The number of rotatable bonds is 5. The van der Waals surface area contributed by atoms with Gasteiger partial charge in [-0.2, -0.15) is 4.72 Å². The van der Waals surface area contributed by atoms with Crippen molar-refractivity contribution >= 4 is 38.9 Å². The van der Waals surface area contributed by atoms with Crippen LogP contribution in [0.3, 0.4) is 0 Å². The van der Waals surface area contributed by atoms with Crippen molar-refractivity contribution in [2.45, 2.75) is 24.1 Å². The van der Waals surface area contributed by atoms with Crippen LogP contribution in [0.25, 0.3) is 0 Å². The van der Waals surface area contributed by atoms with E-state index in [4.69, 9.17) is 16.3 Å². The molecular weight excluding hydrogens is 348 g/mol. The number of hydrogen-bond donors (Lipinski definition) is 1. The van der Waals surface area contributed by atoms with E-state index < -0.39 is 16.1 Å². The first-order valence-corrected chi connectivity index (χ1v) is 9.63. The van der Waals surface area contributed by atoms with Crippen LogP contribution in [-0.4, -0.2) is 51.6 Å². The summed E-state index contributed by atoms with van der Waals surface area (Å²) in [4.78, 5) is 14.2. The number of amides is 1. The topological polar surface area (TPSA) is 75.7 Å². The molecule has 6 nitrogen and oxygen atoms in total. The summed E-state index contributed by atoms with van der Waals surface area (Å²) < 4.78 is 33.0. The Balaban J connectivity index is 2.16. The minimum Gasteiger partial charge on any atom is -0.378 e. The smallest absolute Gasteiger partial charge is 0.250 e. The lowest BCUT2D eigenvalue weighted by Gasteiger charge is -2.32. The van der Waals surface area contributed by atoms with Gasteiger partial charge in [-0.05, 0) is 18.1 Å². The first-order chi connectivity index (χ1) is 10.3. The minimum atomic E-state index is -3.76. The van der Waals surface area contributed by atoms with Crippen LogP contribution < -0.4 is 4.72 Å². The van der Waals surface area contributed by atoms with Gasteiger partial charge in [-0.15, -0.1) is 11.3 Å². The normalized spacial score (nSPS) is 17.7. The molecule has 0 aromatic carbocycles. The molecule has 124 valence electrons. The van der Waals surface area contributed by atoms with Gasteiger partial charge in [0.05, 0.1) is 17.6 Å². The molecule has 0 spiro atoms. The number of hydrogen-bond acceptors (Lipinski definition) is 5. The molecule has 2 rings (SSSR count). The number of sulfonamides is 1. The summed E-state index contributed by atoms with van der Waals surface area (Å²) in [6, 6.07) is 2.16. The third-order valence-electron chi connectivity index (χ3n) is 3.35. The summed E-state index contributed by atoms with van der Waals surface area (Å²) in [5.41, 5.74) is 0. The molecule has 9 heteroatoms. The average molecular weight is 367 g/mol. The molecule has 2 heterocycles. The molecule has 1 saturated heterocycles. The SMILES string of the molecule is CC(C)[C@@H](NS(=O)(=O)c1ccc(Cl)s1)C(=O)N1CCOCC1. The van der Waals surface area contributed by atoms with Gasteiger partial charge in [0, 0.05) is 13.1 Å².